The van der Waals surface area contributed by atoms with Crippen LogP contribution in [0.1, 0.15) is 26.3 Å². The first kappa shape index (κ1) is 13.8. The van der Waals surface area contributed by atoms with Crippen molar-refractivity contribution in [1.82, 2.24) is 0 Å². The van der Waals surface area contributed by atoms with Crippen LogP contribution in [0.4, 0.5) is 5.69 Å². The van der Waals surface area contributed by atoms with Gasteiger partial charge in [0.25, 0.3) is 0 Å². The lowest BCUT2D eigenvalue weighted by Gasteiger charge is -2.25. The quantitative estimate of drug-likeness (QED) is 0.751. The van der Waals surface area contributed by atoms with Crippen LogP contribution >= 0.6 is 0 Å². The van der Waals surface area contributed by atoms with Crippen LogP contribution in [0, 0.1) is 0 Å². The lowest BCUT2D eigenvalue weighted by molar-refractivity contribution is 0.201. The topological polar surface area (TPSA) is 21.7 Å². The van der Waals surface area contributed by atoms with Gasteiger partial charge in [-0.3, -0.25) is 0 Å². The van der Waals surface area contributed by atoms with Gasteiger partial charge in [-0.2, -0.15) is 0 Å². The van der Waals surface area contributed by atoms with Gasteiger partial charge in [0, 0.05) is 14.2 Å². The number of anilines is 1. The SMILES string of the molecule is COCN(C)c1cc(C(C)(C)C)ccc1OC. The summed E-state index contributed by atoms with van der Waals surface area (Å²) < 4.78 is 10.5. The van der Waals surface area contributed by atoms with Crippen LogP contribution in [0.2, 0.25) is 0 Å². The van der Waals surface area contributed by atoms with E-state index in [2.05, 4.69) is 32.9 Å². The molecule has 1 rings (SSSR count). The van der Waals surface area contributed by atoms with E-state index in [0.717, 1.165) is 11.4 Å². The molecule has 0 saturated carbocycles. The van der Waals surface area contributed by atoms with Crippen LogP contribution in [0.25, 0.3) is 0 Å². The molecule has 1 aromatic rings. The molecule has 0 saturated heterocycles. The van der Waals surface area contributed by atoms with Crippen molar-refractivity contribution in [1.29, 1.82) is 0 Å². The molecule has 0 aliphatic heterocycles. The van der Waals surface area contributed by atoms with Crippen molar-refractivity contribution in [3.63, 3.8) is 0 Å². The number of benzene rings is 1. The first-order chi connectivity index (χ1) is 7.90. The third kappa shape index (κ3) is 3.37. The van der Waals surface area contributed by atoms with Gasteiger partial charge in [-0.15, -0.1) is 0 Å². The first-order valence-electron chi connectivity index (χ1n) is 5.78. The maximum Gasteiger partial charge on any atom is 0.142 e. The summed E-state index contributed by atoms with van der Waals surface area (Å²) in [6.07, 6.45) is 0. The molecule has 0 bridgehead atoms. The van der Waals surface area contributed by atoms with E-state index in [1.807, 2.05) is 18.0 Å². The molecule has 1 aromatic carbocycles. The molecule has 96 valence electrons. The van der Waals surface area contributed by atoms with E-state index >= 15 is 0 Å². The fourth-order valence-corrected chi connectivity index (χ4v) is 1.72. The Morgan fingerprint density at radius 2 is 1.82 bits per heavy atom. The molecular weight excluding hydrogens is 214 g/mol. The lowest BCUT2D eigenvalue weighted by Crippen LogP contribution is -2.21. The summed E-state index contributed by atoms with van der Waals surface area (Å²) in [7, 11) is 5.38. The van der Waals surface area contributed by atoms with Crippen LogP contribution < -0.4 is 9.64 Å². The Labute approximate surface area is 104 Å². The zero-order valence-electron chi connectivity index (χ0n) is 11.7. The van der Waals surface area contributed by atoms with Crippen LogP contribution in [-0.4, -0.2) is 28.0 Å². The molecule has 17 heavy (non-hydrogen) atoms. The van der Waals surface area contributed by atoms with Crippen LogP contribution in [0.3, 0.4) is 0 Å². The van der Waals surface area contributed by atoms with Crippen molar-refractivity contribution < 1.29 is 9.47 Å². The van der Waals surface area contributed by atoms with Crippen LogP contribution in [0.5, 0.6) is 5.75 Å². The number of hydrogen-bond donors (Lipinski definition) is 0. The zero-order chi connectivity index (χ0) is 13.1. The van der Waals surface area contributed by atoms with Crippen LogP contribution in [0.15, 0.2) is 18.2 Å². The van der Waals surface area contributed by atoms with E-state index in [9.17, 15) is 0 Å². The van der Waals surface area contributed by atoms with Gasteiger partial charge in [-0.25, -0.2) is 0 Å². The second kappa shape index (κ2) is 5.41. The highest BCUT2D eigenvalue weighted by Gasteiger charge is 2.17. The molecular formula is C14H23NO2. The molecule has 0 amide bonds. The number of rotatable bonds is 4. The minimum Gasteiger partial charge on any atom is -0.495 e. The zero-order valence-corrected chi connectivity index (χ0v) is 11.7. The first-order valence-corrected chi connectivity index (χ1v) is 5.78. The summed E-state index contributed by atoms with van der Waals surface area (Å²) in [6, 6.07) is 6.29. The Hall–Kier alpha value is -1.22. The number of methoxy groups -OCH3 is 2. The van der Waals surface area contributed by atoms with Crippen molar-refractivity contribution in [3.8, 4) is 5.75 Å². The predicted octanol–water partition coefficient (Wildman–Crippen LogP) is 3.03. The van der Waals surface area contributed by atoms with E-state index in [1.165, 1.54) is 5.56 Å². The molecule has 0 atom stereocenters. The highest BCUT2D eigenvalue weighted by Crippen LogP contribution is 2.33. The van der Waals surface area contributed by atoms with Gasteiger partial charge in [-0.05, 0) is 23.1 Å². The van der Waals surface area contributed by atoms with E-state index < -0.39 is 0 Å². The standard InChI is InChI=1S/C14H23NO2/c1-14(2,3)11-7-8-13(17-6)12(9-11)15(4)10-16-5/h7-9H,10H2,1-6H3. The van der Waals surface area contributed by atoms with Gasteiger partial charge in [0.1, 0.15) is 12.5 Å². The van der Waals surface area contributed by atoms with E-state index in [0.29, 0.717) is 6.73 Å². The average molecular weight is 237 g/mol. The molecule has 0 unspecified atom stereocenters. The van der Waals surface area contributed by atoms with Gasteiger partial charge in [-0.1, -0.05) is 26.8 Å². The fraction of sp³-hybridized carbons (Fsp3) is 0.571. The summed E-state index contributed by atoms with van der Waals surface area (Å²) in [5.74, 6) is 0.873. The molecule has 0 N–H and O–H groups in total. The van der Waals surface area contributed by atoms with Gasteiger partial charge in [0.05, 0.1) is 12.8 Å². The summed E-state index contributed by atoms with van der Waals surface area (Å²) in [4.78, 5) is 2.04. The molecule has 0 aliphatic carbocycles. The minimum atomic E-state index is 0.134. The fourth-order valence-electron chi connectivity index (χ4n) is 1.72. The van der Waals surface area contributed by atoms with Crippen LogP contribution in [-0.2, 0) is 10.2 Å². The summed E-state index contributed by atoms with van der Waals surface area (Å²) >= 11 is 0. The third-order valence-corrected chi connectivity index (χ3v) is 2.78. The lowest BCUT2D eigenvalue weighted by atomic mass is 9.86. The molecule has 3 heteroatoms. The highest BCUT2D eigenvalue weighted by atomic mass is 16.5. The summed E-state index contributed by atoms with van der Waals surface area (Å²) in [5, 5.41) is 0. The number of ether oxygens (including phenoxy) is 2. The Morgan fingerprint density at radius 1 is 1.18 bits per heavy atom. The highest BCUT2D eigenvalue weighted by molar-refractivity contribution is 5.60. The molecule has 0 radical (unpaired) electrons. The van der Waals surface area contributed by atoms with E-state index in [-0.39, 0.29) is 5.41 Å². The van der Waals surface area contributed by atoms with Crippen molar-refractivity contribution in [2.45, 2.75) is 26.2 Å². The van der Waals surface area contributed by atoms with Gasteiger partial charge in [0.15, 0.2) is 0 Å². The molecule has 0 spiro atoms. The Morgan fingerprint density at radius 3 is 2.29 bits per heavy atom. The Bertz CT molecular complexity index is 369. The van der Waals surface area contributed by atoms with Gasteiger partial charge in [0.2, 0.25) is 0 Å². The van der Waals surface area contributed by atoms with Crippen molar-refractivity contribution in [3.05, 3.63) is 23.8 Å². The normalized spacial score (nSPS) is 11.4. The number of hydrogen-bond acceptors (Lipinski definition) is 3. The Balaban J connectivity index is 3.15. The second-order valence-electron chi connectivity index (χ2n) is 5.25. The van der Waals surface area contributed by atoms with E-state index in [1.54, 1.807) is 14.2 Å². The van der Waals surface area contributed by atoms with Gasteiger partial charge < -0.3 is 14.4 Å². The average Bonchev–Trinajstić information content (AvgIpc) is 2.27. The maximum atomic E-state index is 5.38. The van der Waals surface area contributed by atoms with E-state index in [4.69, 9.17) is 9.47 Å². The van der Waals surface area contributed by atoms with Gasteiger partial charge >= 0.3 is 0 Å². The minimum absolute atomic E-state index is 0.134. The van der Waals surface area contributed by atoms with Crippen molar-refractivity contribution in [2.75, 3.05) is 32.9 Å². The van der Waals surface area contributed by atoms with Crippen molar-refractivity contribution >= 4 is 5.69 Å². The molecule has 0 aliphatic rings. The third-order valence-electron chi connectivity index (χ3n) is 2.78. The number of nitrogens with zero attached hydrogens (tertiary/aromatic N) is 1. The Kier molecular flexibility index (Phi) is 4.40. The molecule has 3 nitrogen and oxygen atoms in total. The molecule has 0 aromatic heterocycles. The maximum absolute atomic E-state index is 5.38. The predicted molar refractivity (Wildman–Crippen MR) is 72.0 cm³/mol. The summed E-state index contributed by atoms with van der Waals surface area (Å²) in [5.41, 5.74) is 2.48. The second-order valence-corrected chi connectivity index (χ2v) is 5.25. The molecule has 0 heterocycles. The summed E-state index contributed by atoms with van der Waals surface area (Å²) in [6.45, 7) is 7.16. The largest absolute Gasteiger partial charge is 0.495 e. The molecule has 0 fully saturated rings. The van der Waals surface area contributed by atoms with Crippen molar-refractivity contribution in [2.24, 2.45) is 0 Å². The smallest absolute Gasteiger partial charge is 0.142 e. The monoisotopic (exact) mass is 237 g/mol.